The molecule has 118 valence electrons. The summed E-state index contributed by atoms with van der Waals surface area (Å²) in [6, 6.07) is 0.169. The largest absolute Gasteiger partial charge is 0.444 e. The Morgan fingerprint density at radius 2 is 2.15 bits per heavy atom. The van der Waals surface area contributed by atoms with E-state index in [0.29, 0.717) is 13.1 Å². The SMILES string of the molecule is CC(C)(C)OC(=O)NCC(CN)N1CCSC(C)(C)C1. The van der Waals surface area contributed by atoms with Gasteiger partial charge in [0.25, 0.3) is 0 Å². The predicted molar refractivity (Wildman–Crippen MR) is 85.2 cm³/mol. The molecule has 1 unspecified atom stereocenters. The zero-order valence-electron chi connectivity index (χ0n) is 13.4. The van der Waals surface area contributed by atoms with Crippen molar-refractivity contribution >= 4 is 17.9 Å². The van der Waals surface area contributed by atoms with Crippen molar-refractivity contribution in [2.45, 2.75) is 51.0 Å². The summed E-state index contributed by atoms with van der Waals surface area (Å²) >= 11 is 1.99. The molecule has 0 aromatic heterocycles. The van der Waals surface area contributed by atoms with E-state index in [1.54, 1.807) is 0 Å². The minimum atomic E-state index is -0.466. The van der Waals surface area contributed by atoms with Gasteiger partial charge in [-0.05, 0) is 34.6 Å². The first-order valence-electron chi connectivity index (χ1n) is 7.18. The smallest absolute Gasteiger partial charge is 0.407 e. The van der Waals surface area contributed by atoms with Gasteiger partial charge in [-0.2, -0.15) is 11.8 Å². The highest BCUT2D eigenvalue weighted by atomic mass is 32.2. The third-order valence-corrected chi connectivity index (χ3v) is 4.42. The minimum absolute atomic E-state index is 0.169. The third kappa shape index (κ3) is 6.33. The Balaban J connectivity index is 2.45. The number of ether oxygens (including phenoxy) is 1. The highest BCUT2D eigenvalue weighted by Crippen LogP contribution is 2.30. The molecule has 1 saturated heterocycles. The molecule has 1 atom stereocenters. The quantitative estimate of drug-likeness (QED) is 0.827. The highest BCUT2D eigenvalue weighted by Gasteiger charge is 2.30. The molecule has 0 aromatic carbocycles. The molecule has 1 fully saturated rings. The maximum absolute atomic E-state index is 11.7. The third-order valence-electron chi connectivity index (χ3n) is 3.12. The van der Waals surface area contributed by atoms with Crippen LogP contribution in [0.15, 0.2) is 0 Å². The number of alkyl carbamates (subject to hydrolysis) is 1. The monoisotopic (exact) mass is 303 g/mol. The number of rotatable bonds is 4. The van der Waals surface area contributed by atoms with Gasteiger partial charge in [-0.1, -0.05) is 0 Å². The Hall–Kier alpha value is -0.460. The lowest BCUT2D eigenvalue weighted by atomic mass is 10.1. The molecule has 0 saturated carbocycles. The van der Waals surface area contributed by atoms with E-state index in [4.69, 9.17) is 10.5 Å². The highest BCUT2D eigenvalue weighted by molar-refractivity contribution is 8.00. The summed E-state index contributed by atoms with van der Waals surface area (Å²) in [7, 11) is 0. The van der Waals surface area contributed by atoms with Crippen molar-refractivity contribution in [1.29, 1.82) is 0 Å². The Kier molecular flexibility index (Phi) is 6.16. The molecule has 3 N–H and O–H groups in total. The first-order chi connectivity index (χ1) is 9.13. The van der Waals surface area contributed by atoms with E-state index in [1.807, 2.05) is 32.5 Å². The average Bonchev–Trinajstić information content (AvgIpc) is 2.26. The fourth-order valence-electron chi connectivity index (χ4n) is 2.24. The Morgan fingerprint density at radius 3 is 2.65 bits per heavy atom. The van der Waals surface area contributed by atoms with Crippen LogP contribution in [0.1, 0.15) is 34.6 Å². The van der Waals surface area contributed by atoms with Crippen LogP contribution in [0.2, 0.25) is 0 Å². The zero-order chi connectivity index (χ0) is 15.4. The van der Waals surface area contributed by atoms with E-state index in [9.17, 15) is 4.79 Å². The van der Waals surface area contributed by atoms with Gasteiger partial charge in [-0.3, -0.25) is 4.90 Å². The van der Waals surface area contributed by atoms with E-state index in [0.717, 1.165) is 18.8 Å². The summed E-state index contributed by atoms with van der Waals surface area (Å²) in [5.41, 5.74) is 5.40. The molecule has 1 aliphatic heterocycles. The molecule has 1 heterocycles. The Bertz CT molecular complexity index is 329. The molecule has 20 heavy (non-hydrogen) atoms. The molecule has 1 rings (SSSR count). The van der Waals surface area contributed by atoms with Crippen LogP contribution in [0.3, 0.4) is 0 Å². The summed E-state index contributed by atoms with van der Waals surface area (Å²) < 4.78 is 5.50. The molecular formula is C14H29N3O2S. The molecule has 0 aliphatic carbocycles. The molecule has 6 heteroatoms. The summed E-state index contributed by atoms with van der Waals surface area (Å²) in [6.45, 7) is 13.2. The van der Waals surface area contributed by atoms with Gasteiger partial charge in [0, 0.05) is 42.7 Å². The average molecular weight is 303 g/mol. The van der Waals surface area contributed by atoms with Crippen molar-refractivity contribution in [3.63, 3.8) is 0 Å². The van der Waals surface area contributed by atoms with Gasteiger partial charge in [0.1, 0.15) is 5.60 Å². The van der Waals surface area contributed by atoms with Crippen LogP contribution in [0.5, 0.6) is 0 Å². The number of hydrogen-bond donors (Lipinski definition) is 2. The lowest BCUT2D eigenvalue weighted by Crippen LogP contribution is -2.54. The summed E-state index contributed by atoms with van der Waals surface area (Å²) in [4.78, 5) is 14.1. The van der Waals surface area contributed by atoms with Gasteiger partial charge in [0.15, 0.2) is 0 Å². The van der Waals surface area contributed by atoms with Gasteiger partial charge < -0.3 is 15.8 Å². The number of hydrogen-bond acceptors (Lipinski definition) is 5. The lowest BCUT2D eigenvalue weighted by Gasteiger charge is -2.41. The molecule has 0 bridgehead atoms. The van der Waals surface area contributed by atoms with Gasteiger partial charge in [-0.25, -0.2) is 4.79 Å². The summed E-state index contributed by atoms with van der Waals surface area (Å²) in [5.74, 6) is 1.11. The number of thioether (sulfide) groups is 1. The van der Waals surface area contributed by atoms with Crippen molar-refractivity contribution in [1.82, 2.24) is 10.2 Å². The van der Waals surface area contributed by atoms with E-state index >= 15 is 0 Å². The Morgan fingerprint density at radius 1 is 1.50 bits per heavy atom. The molecule has 0 radical (unpaired) electrons. The van der Waals surface area contributed by atoms with E-state index in [-0.39, 0.29) is 16.9 Å². The van der Waals surface area contributed by atoms with Gasteiger partial charge in [0.2, 0.25) is 0 Å². The maximum Gasteiger partial charge on any atom is 0.407 e. The lowest BCUT2D eigenvalue weighted by molar-refractivity contribution is 0.0507. The first kappa shape index (κ1) is 17.6. The van der Waals surface area contributed by atoms with Crippen molar-refractivity contribution in [3.05, 3.63) is 0 Å². The standard InChI is InChI=1S/C14H29N3O2S/c1-13(2,3)19-12(18)16-9-11(8-15)17-6-7-20-14(4,5)10-17/h11H,6-10,15H2,1-5H3,(H,16,18). The number of nitrogens with two attached hydrogens (primary N) is 1. The van der Waals surface area contributed by atoms with Crippen LogP contribution in [0.4, 0.5) is 4.79 Å². The number of amides is 1. The number of carbonyl (C=O) groups excluding carboxylic acids is 1. The van der Waals surface area contributed by atoms with E-state index < -0.39 is 5.60 Å². The van der Waals surface area contributed by atoms with Crippen molar-refractivity contribution < 1.29 is 9.53 Å². The van der Waals surface area contributed by atoms with Crippen molar-refractivity contribution in [2.75, 3.05) is 31.9 Å². The van der Waals surface area contributed by atoms with Crippen LogP contribution in [-0.4, -0.2) is 59.3 Å². The van der Waals surface area contributed by atoms with Crippen LogP contribution in [-0.2, 0) is 4.74 Å². The molecule has 0 aromatic rings. The van der Waals surface area contributed by atoms with Gasteiger partial charge >= 0.3 is 6.09 Å². The van der Waals surface area contributed by atoms with Gasteiger partial charge in [0.05, 0.1) is 0 Å². The molecule has 1 amide bonds. The second-order valence-electron chi connectivity index (χ2n) is 6.85. The van der Waals surface area contributed by atoms with E-state index in [1.165, 1.54) is 0 Å². The van der Waals surface area contributed by atoms with Crippen molar-refractivity contribution in [3.8, 4) is 0 Å². The maximum atomic E-state index is 11.7. The van der Waals surface area contributed by atoms with Crippen LogP contribution in [0.25, 0.3) is 0 Å². The fraction of sp³-hybridized carbons (Fsp3) is 0.929. The molecule has 1 aliphatic rings. The Labute approximate surface area is 127 Å². The topological polar surface area (TPSA) is 67.6 Å². The molecule has 0 spiro atoms. The normalized spacial score (nSPS) is 21.3. The van der Waals surface area contributed by atoms with Crippen molar-refractivity contribution in [2.24, 2.45) is 5.73 Å². The molecular weight excluding hydrogens is 274 g/mol. The fourth-order valence-corrected chi connectivity index (χ4v) is 3.38. The van der Waals surface area contributed by atoms with E-state index in [2.05, 4.69) is 24.1 Å². The number of nitrogens with zero attached hydrogens (tertiary/aromatic N) is 1. The predicted octanol–water partition coefficient (Wildman–Crippen LogP) is 1.67. The second kappa shape index (κ2) is 7.00. The number of carbonyl (C=O) groups is 1. The summed E-state index contributed by atoms with van der Waals surface area (Å²) in [5, 5.41) is 2.83. The first-order valence-corrected chi connectivity index (χ1v) is 8.16. The molecule has 5 nitrogen and oxygen atoms in total. The van der Waals surface area contributed by atoms with Crippen LogP contribution < -0.4 is 11.1 Å². The minimum Gasteiger partial charge on any atom is -0.444 e. The second-order valence-corrected chi connectivity index (χ2v) is 8.65. The zero-order valence-corrected chi connectivity index (χ0v) is 14.2. The van der Waals surface area contributed by atoms with Crippen LogP contribution >= 0.6 is 11.8 Å². The summed E-state index contributed by atoms with van der Waals surface area (Å²) in [6.07, 6.45) is -0.374. The van der Waals surface area contributed by atoms with Gasteiger partial charge in [-0.15, -0.1) is 0 Å². The van der Waals surface area contributed by atoms with Crippen LogP contribution in [0, 0.1) is 0 Å². The number of nitrogens with one attached hydrogen (secondary N) is 1.